The van der Waals surface area contributed by atoms with Crippen LogP contribution in [-0.2, 0) is 6.54 Å². The second kappa shape index (κ2) is 9.04. The standard InChI is InChI=1S/C20H26N6O3/c1-2-3-7-17(19-21-22-23-26(19)15-16-6-4-13-28-16)24-9-11-25(12-10-24)20(27)18-8-5-14-29-18/h4-6,8,13-14,17H,2-3,7,9-12,15H2,1H3/p+1/t17-/m0/s1. The number of rotatable bonds is 8. The normalized spacial score (nSPS) is 16.2. The van der Waals surface area contributed by atoms with Crippen molar-refractivity contribution in [2.75, 3.05) is 26.2 Å². The van der Waals surface area contributed by atoms with Gasteiger partial charge in [0.25, 0.3) is 5.91 Å². The molecule has 0 unspecified atom stereocenters. The molecule has 1 N–H and O–H groups in total. The zero-order valence-corrected chi connectivity index (χ0v) is 16.7. The summed E-state index contributed by atoms with van der Waals surface area (Å²) in [5, 5.41) is 12.5. The number of piperazine rings is 1. The van der Waals surface area contributed by atoms with Crippen molar-refractivity contribution in [2.45, 2.75) is 38.8 Å². The number of hydrogen-bond donors (Lipinski definition) is 1. The number of amides is 1. The molecule has 154 valence electrons. The van der Waals surface area contributed by atoms with Gasteiger partial charge in [-0.2, -0.15) is 0 Å². The van der Waals surface area contributed by atoms with Gasteiger partial charge in [0.2, 0.25) is 5.82 Å². The lowest BCUT2D eigenvalue weighted by Gasteiger charge is -2.35. The SMILES string of the molecule is CCCC[C@@H](c1nnnn1Cc1ccco1)[NH+]1CCN(C(=O)c2ccco2)CC1. The number of carbonyl (C=O) groups excluding carboxylic acids is 1. The molecule has 1 aliphatic heterocycles. The highest BCUT2D eigenvalue weighted by Crippen LogP contribution is 2.16. The molecule has 29 heavy (non-hydrogen) atoms. The Morgan fingerprint density at radius 3 is 2.69 bits per heavy atom. The molecule has 9 nitrogen and oxygen atoms in total. The van der Waals surface area contributed by atoms with Crippen LogP contribution in [0.3, 0.4) is 0 Å². The van der Waals surface area contributed by atoms with E-state index < -0.39 is 0 Å². The van der Waals surface area contributed by atoms with E-state index in [1.54, 1.807) is 18.4 Å². The fraction of sp³-hybridized carbons (Fsp3) is 0.500. The van der Waals surface area contributed by atoms with Crippen LogP contribution in [-0.4, -0.2) is 57.2 Å². The fourth-order valence-electron chi connectivity index (χ4n) is 3.95. The molecule has 0 aliphatic carbocycles. The largest absolute Gasteiger partial charge is 0.467 e. The van der Waals surface area contributed by atoms with Crippen LogP contribution in [0.4, 0.5) is 0 Å². The predicted molar refractivity (Wildman–Crippen MR) is 103 cm³/mol. The van der Waals surface area contributed by atoms with E-state index in [0.29, 0.717) is 25.4 Å². The molecule has 1 amide bonds. The van der Waals surface area contributed by atoms with Gasteiger partial charge in [-0.1, -0.05) is 13.3 Å². The lowest BCUT2D eigenvalue weighted by molar-refractivity contribution is -0.936. The Bertz CT molecular complexity index is 881. The Balaban J connectivity index is 1.46. The maximum atomic E-state index is 12.5. The summed E-state index contributed by atoms with van der Waals surface area (Å²) in [4.78, 5) is 15.8. The molecule has 0 bridgehead atoms. The van der Waals surface area contributed by atoms with Crippen molar-refractivity contribution in [1.82, 2.24) is 25.1 Å². The predicted octanol–water partition coefficient (Wildman–Crippen LogP) is 1.18. The Morgan fingerprint density at radius 1 is 1.21 bits per heavy atom. The van der Waals surface area contributed by atoms with E-state index in [-0.39, 0.29) is 11.9 Å². The molecule has 9 heteroatoms. The number of quaternary nitrogens is 1. The van der Waals surface area contributed by atoms with Gasteiger partial charge in [0, 0.05) is 6.42 Å². The third-order valence-electron chi connectivity index (χ3n) is 5.52. The van der Waals surface area contributed by atoms with Crippen molar-refractivity contribution in [3.8, 4) is 0 Å². The first kappa shape index (κ1) is 19.4. The highest BCUT2D eigenvalue weighted by molar-refractivity contribution is 5.91. The van der Waals surface area contributed by atoms with Gasteiger partial charge < -0.3 is 18.6 Å². The highest BCUT2D eigenvalue weighted by atomic mass is 16.3. The smallest absolute Gasteiger partial charge is 0.289 e. The number of hydrogen-bond acceptors (Lipinski definition) is 6. The van der Waals surface area contributed by atoms with Crippen LogP contribution in [0.1, 0.15) is 54.4 Å². The van der Waals surface area contributed by atoms with Gasteiger partial charge in [0.05, 0.1) is 38.7 Å². The van der Waals surface area contributed by atoms with Crippen molar-refractivity contribution in [2.24, 2.45) is 0 Å². The first-order chi connectivity index (χ1) is 14.3. The van der Waals surface area contributed by atoms with Crippen LogP contribution in [0.15, 0.2) is 45.6 Å². The molecule has 3 aromatic heterocycles. The van der Waals surface area contributed by atoms with Gasteiger partial charge in [-0.05, 0) is 41.1 Å². The van der Waals surface area contributed by atoms with Crippen molar-refractivity contribution >= 4 is 5.91 Å². The average Bonchev–Trinajstić information content (AvgIpc) is 3.52. The quantitative estimate of drug-likeness (QED) is 0.611. The second-order valence-corrected chi connectivity index (χ2v) is 7.40. The van der Waals surface area contributed by atoms with Crippen LogP contribution in [0, 0.1) is 0 Å². The molecule has 0 spiro atoms. The van der Waals surface area contributed by atoms with E-state index >= 15 is 0 Å². The Morgan fingerprint density at radius 2 is 2.00 bits per heavy atom. The summed E-state index contributed by atoms with van der Waals surface area (Å²) >= 11 is 0. The Hall–Kier alpha value is -2.94. The lowest BCUT2D eigenvalue weighted by atomic mass is 10.1. The van der Waals surface area contributed by atoms with E-state index in [0.717, 1.165) is 43.9 Å². The monoisotopic (exact) mass is 399 g/mol. The molecule has 1 aliphatic rings. The summed E-state index contributed by atoms with van der Waals surface area (Å²) < 4.78 is 12.6. The van der Waals surface area contributed by atoms with Gasteiger partial charge in [-0.25, -0.2) is 4.68 Å². The van der Waals surface area contributed by atoms with Crippen molar-refractivity contribution < 1.29 is 18.5 Å². The molecule has 4 heterocycles. The molecule has 1 saturated heterocycles. The van der Waals surface area contributed by atoms with Crippen molar-refractivity contribution in [3.63, 3.8) is 0 Å². The number of nitrogens with zero attached hydrogens (tertiary/aromatic N) is 5. The first-order valence-corrected chi connectivity index (χ1v) is 10.2. The van der Waals surface area contributed by atoms with Crippen LogP contribution >= 0.6 is 0 Å². The molecule has 4 rings (SSSR count). The van der Waals surface area contributed by atoms with E-state index in [2.05, 4.69) is 22.4 Å². The zero-order chi connectivity index (χ0) is 20.1. The minimum atomic E-state index is -0.0400. The summed E-state index contributed by atoms with van der Waals surface area (Å²) in [5.41, 5.74) is 0. The van der Waals surface area contributed by atoms with Gasteiger partial charge in [-0.3, -0.25) is 4.79 Å². The van der Waals surface area contributed by atoms with Crippen LogP contribution in [0.5, 0.6) is 0 Å². The van der Waals surface area contributed by atoms with Crippen LogP contribution < -0.4 is 4.90 Å². The Labute approximate surface area is 169 Å². The van der Waals surface area contributed by atoms with E-state index in [1.807, 2.05) is 21.7 Å². The second-order valence-electron chi connectivity index (χ2n) is 7.40. The number of aromatic nitrogens is 4. The molecular formula is C20H27N6O3+. The van der Waals surface area contributed by atoms with Gasteiger partial charge in [0.1, 0.15) is 18.3 Å². The summed E-state index contributed by atoms with van der Waals surface area (Å²) in [6.07, 6.45) is 6.43. The van der Waals surface area contributed by atoms with E-state index in [4.69, 9.17) is 8.83 Å². The summed E-state index contributed by atoms with van der Waals surface area (Å²) in [5.74, 6) is 2.08. The summed E-state index contributed by atoms with van der Waals surface area (Å²) in [7, 11) is 0. The molecule has 1 fully saturated rings. The lowest BCUT2D eigenvalue weighted by Crippen LogP contribution is -3.15. The summed E-state index contributed by atoms with van der Waals surface area (Å²) in [6.45, 7) is 5.81. The average molecular weight is 399 g/mol. The Kier molecular flexibility index (Phi) is 6.04. The van der Waals surface area contributed by atoms with Gasteiger partial charge >= 0.3 is 0 Å². The topological polar surface area (TPSA) is 94.6 Å². The fourth-order valence-corrected chi connectivity index (χ4v) is 3.95. The van der Waals surface area contributed by atoms with Crippen molar-refractivity contribution in [1.29, 1.82) is 0 Å². The third-order valence-corrected chi connectivity index (χ3v) is 5.52. The molecular weight excluding hydrogens is 372 g/mol. The maximum Gasteiger partial charge on any atom is 0.289 e. The van der Waals surface area contributed by atoms with E-state index in [1.165, 1.54) is 11.2 Å². The third kappa shape index (κ3) is 4.40. The highest BCUT2D eigenvalue weighted by Gasteiger charge is 2.34. The van der Waals surface area contributed by atoms with Crippen molar-refractivity contribution in [3.05, 3.63) is 54.1 Å². The van der Waals surface area contributed by atoms with Crippen LogP contribution in [0.25, 0.3) is 0 Å². The number of nitrogens with one attached hydrogen (secondary N) is 1. The molecule has 1 atom stereocenters. The number of furan rings is 2. The minimum absolute atomic E-state index is 0.0400. The van der Waals surface area contributed by atoms with E-state index in [9.17, 15) is 4.79 Å². The molecule has 0 saturated carbocycles. The van der Waals surface area contributed by atoms with Crippen LogP contribution in [0.2, 0.25) is 0 Å². The number of unbranched alkanes of at least 4 members (excludes halogenated alkanes) is 1. The minimum Gasteiger partial charge on any atom is -0.467 e. The number of tetrazole rings is 1. The van der Waals surface area contributed by atoms with Gasteiger partial charge in [0.15, 0.2) is 5.76 Å². The van der Waals surface area contributed by atoms with Gasteiger partial charge in [-0.15, -0.1) is 5.10 Å². The number of carbonyl (C=O) groups is 1. The zero-order valence-electron chi connectivity index (χ0n) is 16.7. The first-order valence-electron chi connectivity index (χ1n) is 10.2. The summed E-state index contributed by atoms with van der Waals surface area (Å²) in [6, 6.07) is 7.45. The molecule has 0 radical (unpaired) electrons. The molecule has 0 aromatic carbocycles. The molecule has 3 aromatic rings. The maximum absolute atomic E-state index is 12.5.